The van der Waals surface area contributed by atoms with Crippen molar-refractivity contribution in [1.82, 2.24) is 15.5 Å². The molecule has 1 aliphatic heterocycles. The number of hydrogen-bond donors (Lipinski definition) is 1. The SMILES string of the molecule is c1cc2c(s1)CCNC2c1nc(C2CCCC2)no1. The lowest BCUT2D eigenvalue weighted by Crippen LogP contribution is -2.29. The number of hydrogen-bond acceptors (Lipinski definition) is 5. The lowest BCUT2D eigenvalue weighted by molar-refractivity contribution is 0.339. The predicted octanol–water partition coefficient (Wildman–Crippen LogP) is 3.02. The number of fused-ring (bicyclic) bond motifs is 1. The summed E-state index contributed by atoms with van der Waals surface area (Å²) in [6.07, 6.45) is 6.12. The van der Waals surface area contributed by atoms with Gasteiger partial charge in [-0.2, -0.15) is 4.98 Å². The Morgan fingerprint density at radius 1 is 1.32 bits per heavy atom. The quantitative estimate of drug-likeness (QED) is 0.915. The van der Waals surface area contributed by atoms with Gasteiger partial charge in [0.1, 0.15) is 6.04 Å². The minimum atomic E-state index is 0.0950. The Balaban J connectivity index is 1.63. The highest BCUT2D eigenvalue weighted by Crippen LogP contribution is 2.35. The van der Waals surface area contributed by atoms with E-state index in [1.807, 2.05) is 11.3 Å². The Kier molecular flexibility index (Phi) is 2.89. The maximum Gasteiger partial charge on any atom is 0.248 e. The molecule has 2 aliphatic rings. The second-order valence-corrected chi connectivity index (χ2v) is 6.41. The molecule has 0 amide bonds. The standard InChI is InChI=1S/C14H17N3OS/c1-2-4-9(3-1)13-16-14(18-17-13)12-10-6-8-19-11(10)5-7-15-12/h6,8-9,12,15H,1-5,7H2. The summed E-state index contributed by atoms with van der Waals surface area (Å²) < 4.78 is 5.52. The van der Waals surface area contributed by atoms with Crippen LogP contribution in [0.15, 0.2) is 16.0 Å². The van der Waals surface area contributed by atoms with Crippen molar-refractivity contribution in [3.05, 3.63) is 33.6 Å². The van der Waals surface area contributed by atoms with Gasteiger partial charge < -0.3 is 9.84 Å². The lowest BCUT2D eigenvalue weighted by atomic mass is 10.0. The van der Waals surface area contributed by atoms with Crippen molar-refractivity contribution in [3.8, 4) is 0 Å². The number of aromatic nitrogens is 2. The van der Waals surface area contributed by atoms with Gasteiger partial charge in [-0.15, -0.1) is 11.3 Å². The highest BCUT2D eigenvalue weighted by Gasteiger charge is 2.29. The van der Waals surface area contributed by atoms with E-state index in [0.29, 0.717) is 5.92 Å². The summed E-state index contributed by atoms with van der Waals surface area (Å²) in [4.78, 5) is 6.11. The van der Waals surface area contributed by atoms with Gasteiger partial charge in [-0.3, -0.25) is 0 Å². The molecule has 0 saturated heterocycles. The van der Waals surface area contributed by atoms with E-state index in [-0.39, 0.29) is 6.04 Å². The van der Waals surface area contributed by atoms with E-state index in [2.05, 4.69) is 26.9 Å². The number of nitrogens with one attached hydrogen (secondary N) is 1. The summed E-state index contributed by atoms with van der Waals surface area (Å²) in [6.45, 7) is 0.985. The van der Waals surface area contributed by atoms with E-state index in [0.717, 1.165) is 24.7 Å². The van der Waals surface area contributed by atoms with Crippen molar-refractivity contribution in [2.45, 2.75) is 44.1 Å². The van der Waals surface area contributed by atoms with Crippen LogP contribution in [0, 0.1) is 0 Å². The van der Waals surface area contributed by atoms with Gasteiger partial charge in [-0.1, -0.05) is 18.0 Å². The fraction of sp³-hybridized carbons (Fsp3) is 0.571. The largest absolute Gasteiger partial charge is 0.337 e. The molecule has 1 aliphatic carbocycles. The molecular formula is C14H17N3OS. The van der Waals surface area contributed by atoms with Crippen LogP contribution in [-0.2, 0) is 6.42 Å². The fourth-order valence-electron chi connectivity index (χ4n) is 3.19. The topological polar surface area (TPSA) is 51.0 Å². The van der Waals surface area contributed by atoms with E-state index in [1.54, 1.807) is 0 Å². The highest BCUT2D eigenvalue weighted by molar-refractivity contribution is 7.10. The molecule has 2 aromatic heterocycles. The van der Waals surface area contributed by atoms with Crippen LogP contribution >= 0.6 is 11.3 Å². The Hall–Kier alpha value is -1.20. The van der Waals surface area contributed by atoms with E-state index in [1.165, 1.54) is 36.1 Å². The Bertz CT molecular complexity index is 571. The molecular weight excluding hydrogens is 258 g/mol. The van der Waals surface area contributed by atoms with Gasteiger partial charge in [0.2, 0.25) is 5.89 Å². The second-order valence-electron chi connectivity index (χ2n) is 5.41. The van der Waals surface area contributed by atoms with Crippen molar-refractivity contribution >= 4 is 11.3 Å². The van der Waals surface area contributed by atoms with Crippen LogP contribution in [0.25, 0.3) is 0 Å². The molecule has 3 heterocycles. The number of thiophene rings is 1. The van der Waals surface area contributed by atoms with Crippen molar-refractivity contribution < 1.29 is 4.52 Å². The minimum absolute atomic E-state index is 0.0950. The van der Waals surface area contributed by atoms with Crippen LogP contribution in [0.4, 0.5) is 0 Å². The predicted molar refractivity (Wildman–Crippen MR) is 73.4 cm³/mol. The monoisotopic (exact) mass is 275 g/mol. The van der Waals surface area contributed by atoms with Crippen LogP contribution in [0.2, 0.25) is 0 Å². The summed E-state index contributed by atoms with van der Waals surface area (Å²) in [5, 5.41) is 9.85. The summed E-state index contributed by atoms with van der Waals surface area (Å²) in [5.41, 5.74) is 1.32. The zero-order valence-corrected chi connectivity index (χ0v) is 11.6. The molecule has 1 atom stereocenters. The van der Waals surface area contributed by atoms with Crippen molar-refractivity contribution in [2.24, 2.45) is 0 Å². The van der Waals surface area contributed by atoms with Gasteiger partial charge in [0, 0.05) is 17.3 Å². The summed E-state index contributed by atoms with van der Waals surface area (Å²) in [7, 11) is 0. The summed E-state index contributed by atoms with van der Waals surface area (Å²) in [6, 6.07) is 2.27. The van der Waals surface area contributed by atoms with Gasteiger partial charge in [-0.25, -0.2) is 0 Å². The third-order valence-electron chi connectivity index (χ3n) is 4.22. The molecule has 2 aromatic rings. The first-order chi connectivity index (χ1) is 9.42. The van der Waals surface area contributed by atoms with Gasteiger partial charge in [0.15, 0.2) is 5.82 Å². The molecule has 1 N–H and O–H groups in total. The van der Waals surface area contributed by atoms with Gasteiger partial charge in [0.25, 0.3) is 0 Å². The third-order valence-corrected chi connectivity index (χ3v) is 5.21. The maximum atomic E-state index is 5.52. The molecule has 1 fully saturated rings. The van der Waals surface area contributed by atoms with Crippen LogP contribution in [0.3, 0.4) is 0 Å². The second kappa shape index (κ2) is 4.72. The number of nitrogens with zero attached hydrogens (tertiary/aromatic N) is 2. The third kappa shape index (κ3) is 2.01. The van der Waals surface area contributed by atoms with Gasteiger partial charge in [0.05, 0.1) is 0 Å². The fourth-order valence-corrected chi connectivity index (χ4v) is 4.11. The first-order valence-electron chi connectivity index (χ1n) is 7.05. The normalized spacial score (nSPS) is 23.7. The van der Waals surface area contributed by atoms with Crippen LogP contribution < -0.4 is 5.32 Å². The van der Waals surface area contributed by atoms with E-state index < -0.39 is 0 Å². The molecule has 100 valence electrons. The minimum Gasteiger partial charge on any atom is -0.337 e. The molecule has 1 saturated carbocycles. The lowest BCUT2D eigenvalue weighted by Gasteiger charge is -2.20. The molecule has 4 rings (SSSR count). The Morgan fingerprint density at radius 3 is 3.11 bits per heavy atom. The first kappa shape index (κ1) is 11.6. The molecule has 1 unspecified atom stereocenters. The molecule has 0 bridgehead atoms. The Morgan fingerprint density at radius 2 is 2.21 bits per heavy atom. The zero-order chi connectivity index (χ0) is 12.7. The van der Waals surface area contributed by atoms with E-state index in [9.17, 15) is 0 Å². The van der Waals surface area contributed by atoms with E-state index in [4.69, 9.17) is 4.52 Å². The van der Waals surface area contributed by atoms with Gasteiger partial charge >= 0.3 is 0 Å². The molecule has 4 nitrogen and oxygen atoms in total. The van der Waals surface area contributed by atoms with Crippen molar-refractivity contribution in [3.63, 3.8) is 0 Å². The van der Waals surface area contributed by atoms with Crippen molar-refractivity contribution in [2.75, 3.05) is 6.54 Å². The molecule has 19 heavy (non-hydrogen) atoms. The van der Waals surface area contributed by atoms with E-state index >= 15 is 0 Å². The smallest absolute Gasteiger partial charge is 0.248 e. The Labute approximate surface area is 116 Å². The molecule has 0 aromatic carbocycles. The average molecular weight is 275 g/mol. The zero-order valence-electron chi connectivity index (χ0n) is 10.8. The average Bonchev–Trinajstić information content (AvgIpc) is 3.18. The molecule has 0 radical (unpaired) electrons. The van der Waals surface area contributed by atoms with Gasteiger partial charge in [-0.05, 0) is 36.3 Å². The summed E-state index contributed by atoms with van der Waals surface area (Å²) in [5.74, 6) is 2.17. The highest BCUT2D eigenvalue weighted by atomic mass is 32.1. The van der Waals surface area contributed by atoms with Crippen LogP contribution in [0.5, 0.6) is 0 Å². The van der Waals surface area contributed by atoms with Crippen molar-refractivity contribution in [1.29, 1.82) is 0 Å². The first-order valence-corrected chi connectivity index (χ1v) is 7.93. The molecule has 5 heteroatoms. The maximum absolute atomic E-state index is 5.52. The molecule has 0 spiro atoms. The van der Waals surface area contributed by atoms with Crippen LogP contribution in [0.1, 0.15) is 59.8 Å². The van der Waals surface area contributed by atoms with Crippen LogP contribution in [-0.4, -0.2) is 16.7 Å². The number of rotatable bonds is 2. The summed E-state index contributed by atoms with van der Waals surface area (Å²) >= 11 is 1.83.